The molecular weight excluding hydrogens is 260 g/mol. The number of carbonyl (C=O) groups excluding carboxylic acids is 1. The van der Waals surface area contributed by atoms with E-state index in [1.807, 2.05) is 0 Å². The Bertz CT molecular complexity index is 492. The van der Waals surface area contributed by atoms with Crippen LogP contribution in [0.15, 0.2) is 18.2 Å². The largest absolute Gasteiger partial charge is 0.326 e. The second kappa shape index (κ2) is 7.08. The van der Waals surface area contributed by atoms with Crippen molar-refractivity contribution in [3.05, 3.63) is 29.3 Å². The molecule has 0 aromatic heterocycles. The van der Waals surface area contributed by atoms with E-state index < -0.39 is 0 Å². The SMILES string of the molecule is O=C(CCC1CCCNC1)Nc1cccc2c1CCCC2. The molecule has 1 unspecified atom stereocenters. The maximum absolute atomic E-state index is 12.2. The van der Waals surface area contributed by atoms with Crippen molar-refractivity contribution in [1.82, 2.24) is 5.32 Å². The van der Waals surface area contributed by atoms with E-state index >= 15 is 0 Å². The van der Waals surface area contributed by atoms with Crippen molar-refractivity contribution in [2.75, 3.05) is 18.4 Å². The van der Waals surface area contributed by atoms with E-state index in [1.54, 1.807) is 0 Å². The summed E-state index contributed by atoms with van der Waals surface area (Å²) in [6.07, 6.45) is 8.96. The van der Waals surface area contributed by atoms with E-state index in [2.05, 4.69) is 28.8 Å². The molecule has 0 bridgehead atoms. The van der Waals surface area contributed by atoms with Gasteiger partial charge >= 0.3 is 0 Å². The van der Waals surface area contributed by atoms with Crippen molar-refractivity contribution in [2.24, 2.45) is 5.92 Å². The third-order valence-electron chi connectivity index (χ3n) is 4.85. The van der Waals surface area contributed by atoms with Gasteiger partial charge in [-0.2, -0.15) is 0 Å². The maximum Gasteiger partial charge on any atom is 0.224 e. The van der Waals surface area contributed by atoms with Crippen LogP contribution in [0.2, 0.25) is 0 Å². The quantitative estimate of drug-likeness (QED) is 0.892. The first-order chi connectivity index (χ1) is 10.3. The average Bonchev–Trinajstić information content (AvgIpc) is 2.54. The van der Waals surface area contributed by atoms with Crippen LogP contribution in [0, 0.1) is 5.92 Å². The molecule has 3 nitrogen and oxygen atoms in total. The van der Waals surface area contributed by atoms with E-state index in [1.165, 1.54) is 36.8 Å². The van der Waals surface area contributed by atoms with E-state index in [4.69, 9.17) is 0 Å². The Kier molecular flexibility index (Phi) is 4.91. The first-order valence-corrected chi connectivity index (χ1v) is 8.44. The monoisotopic (exact) mass is 286 g/mol. The standard InChI is InChI=1S/C18H26N2O/c21-18(11-10-14-5-4-12-19-13-14)20-17-9-3-7-15-6-1-2-8-16(15)17/h3,7,9,14,19H,1-2,4-6,8,10-13H2,(H,20,21). The van der Waals surface area contributed by atoms with Crippen LogP contribution < -0.4 is 10.6 Å². The number of carbonyl (C=O) groups is 1. The Labute approximate surface area is 127 Å². The molecule has 1 aliphatic carbocycles. The minimum Gasteiger partial charge on any atom is -0.326 e. The predicted molar refractivity (Wildman–Crippen MR) is 86.5 cm³/mol. The zero-order valence-electron chi connectivity index (χ0n) is 12.8. The highest BCUT2D eigenvalue weighted by atomic mass is 16.1. The molecule has 2 aliphatic rings. The van der Waals surface area contributed by atoms with Crippen molar-refractivity contribution < 1.29 is 4.79 Å². The summed E-state index contributed by atoms with van der Waals surface area (Å²) in [4.78, 5) is 12.2. The Balaban J connectivity index is 1.55. The second-order valence-electron chi connectivity index (χ2n) is 6.45. The summed E-state index contributed by atoms with van der Waals surface area (Å²) in [6, 6.07) is 6.34. The number of aryl methyl sites for hydroxylation is 1. The molecule has 1 aromatic rings. The Morgan fingerprint density at radius 1 is 1.24 bits per heavy atom. The van der Waals surface area contributed by atoms with Crippen LogP contribution in [-0.2, 0) is 17.6 Å². The molecule has 2 N–H and O–H groups in total. The number of rotatable bonds is 4. The van der Waals surface area contributed by atoms with Gasteiger partial charge in [-0.3, -0.25) is 4.79 Å². The van der Waals surface area contributed by atoms with Gasteiger partial charge < -0.3 is 10.6 Å². The summed E-state index contributed by atoms with van der Waals surface area (Å²) in [5.74, 6) is 0.855. The lowest BCUT2D eigenvalue weighted by atomic mass is 9.90. The van der Waals surface area contributed by atoms with Crippen molar-refractivity contribution in [3.8, 4) is 0 Å². The number of piperidine rings is 1. The number of anilines is 1. The molecule has 1 saturated heterocycles. The van der Waals surface area contributed by atoms with Gasteiger partial charge in [0.2, 0.25) is 5.91 Å². The molecule has 1 aromatic carbocycles. The molecule has 1 atom stereocenters. The predicted octanol–water partition coefficient (Wildman–Crippen LogP) is 3.28. The van der Waals surface area contributed by atoms with Gasteiger partial charge in [0.05, 0.1) is 0 Å². The molecule has 3 heteroatoms. The van der Waals surface area contributed by atoms with E-state index in [0.717, 1.165) is 38.0 Å². The minimum atomic E-state index is 0.180. The van der Waals surface area contributed by atoms with Gasteiger partial charge in [0, 0.05) is 12.1 Å². The van der Waals surface area contributed by atoms with Crippen molar-refractivity contribution in [3.63, 3.8) is 0 Å². The van der Waals surface area contributed by atoms with E-state index in [0.29, 0.717) is 12.3 Å². The highest BCUT2D eigenvalue weighted by Gasteiger charge is 2.17. The molecule has 114 valence electrons. The number of nitrogens with one attached hydrogen (secondary N) is 2. The number of hydrogen-bond acceptors (Lipinski definition) is 2. The van der Waals surface area contributed by atoms with Crippen LogP contribution in [0.25, 0.3) is 0 Å². The summed E-state index contributed by atoms with van der Waals surface area (Å²) in [6.45, 7) is 2.22. The normalized spacial score (nSPS) is 21.6. The zero-order chi connectivity index (χ0) is 14.5. The third-order valence-corrected chi connectivity index (χ3v) is 4.85. The Hall–Kier alpha value is -1.35. The topological polar surface area (TPSA) is 41.1 Å². The van der Waals surface area contributed by atoms with Crippen LogP contribution >= 0.6 is 0 Å². The second-order valence-corrected chi connectivity index (χ2v) is 6.45. The first kappa shape index (κ1) is 14.6. The number of benzene rings is 1. The molecule has 21 heavy (non-hydrogen) atoms. The number of amides is 1. The van der Waals surface area contributed by atoms with Crippen LogP contribution in [0.3, 0.4) is 0 Å². The maximum atomic E-state index is 12.2. The summed E-state index contributed by atoms with van der Waals surface area (Å²) >= 11 is 0. The molecular formula is C18H26N2O. The van der Waals surface area contributed by atoms with Crippen LogP contribution in [0.1, 0.15) is 49.7 Å². The average molecular weight is 286 g/mol. The molecule has 3 rings (SSSR count). The van der Waals surface area contributed by atoms with Gasteiger partial charge in [0.15, 0.2) is 0 Å². The smallest absolute Gasteiger partial charge is 0.224 e. The summed E-state index contributed by atoms with van der Waals surface area (Å²) < 4.78 is 0. The van der Waals surface area contributed by atoms with Gasteiger partial charge in [-0.15, -0.1) is 0 Å². The molecule has 0 saturated carbocycles. The van der Waals surface area contributed by atoms with Crippen LogP contribution in [-0.4, -0.2) is 19.0 Å². The molecule has 1 aliphatic heterocycles. The van der Waals surface area contributed by atoms with Gasteiger partial charge in [0.1, 0.15) is 0 Å². The Morgan fingerprint density at radius 2 is 2.14 bits per heavy atom. The summed E-state index contributed by atoms with van der Waals surface area (Å²) in [5, 5.41) is 6.57. The lowest BCUT2D eigenvalue weighted by Crippen LogP contribution is -2.30. The van der Waals surface area contributed by atoms with E-state index in [9.17, 15) is 4.79 Å². The van der Waals surface area contributed by atoms with Crippen molar-refractivity contribution in [2.45, 2.75) is 51.4 Å². The fraction of sp³-hybridized carbons (Fsp3) is 0.611. The first-order valence-electron chi connectivity index (χ1n) is 8.44. The molecule has 1 fully saturated rings. The number of fused-ring (bicyclic) bond motifs is 1. The summed E-state index contributed by atoms with van der Waals surface area (Å²) in [5.41, 5.74) is 3.85. The molecule has 1 amide bonds. The molecule has 1 heterocycles. The van der Waals surface area contributed by atoms with Crippen LogP contribution in [0.4, 0.5) is 5.69 Å². The van der Waals surface area contributed by atoms with Crippen LogP contribution in [0.5, 0.6) is 0 Å². The van der Waals surface area contributed by atoms with Gasteiger partial charge in [-0.1, -0.05) is 12.1 Å². The van der Waals surface area contributed by atoms with Crippen molar-refractivity contribution >= 4 is 11.6 Å². The lowest BCUT2D eigenvalue weighted by molar-refractivity contribution is -0.116. The highest BCUT2D eigenvalue weighted by molar-refractivity contribution is 5.91. The number of hydrogen-bond donors (Lipinski definition) is 2. The van der Waals surface area contributed by atoms with Crippen molar-refractivity contribution in [1.29, 1.82) is 0 Å². The molecule has 0 radical (unpaired) electrons. The Morgan fingerprint density at radius 3 is 3.00 bits per heavy atom. The van der Waals surface area contributed by atoms with Gasteiger partial charge in [-0.05, 0) is 81.1 Å². The van der Waals surface area contributed by atoms with Gasteiger partial charge in [-0.25, -0.2) is 0 Å². The molecule has 0 spiro atoms. The third kappa shape index (κ3) is 3.85. The zero-order valence-corrected chi connectivity index (χ0v) is 12.8. The minimum absolute atomic E-state index is 0.180. The summed E-state index contributed by atoms with van der Waals surface area (Å²) in [7, 11) is 0. The fourth-order valence-electron chi connectivity index (χ4n) is 3.62. The fourth-order valence-corrected chi connectivity index (χ4v) is 3.62. The lowest BCUT2D eigenvalue weighted by Gasteiger charge is -2.23. The van der Waals surface area contributed by atoms with E-state index in [-0.39, 0.29) is 5.91 Å². The van der Waals surface area contributed by atoms with Gasteiger partial charge in [0.25, 0.3) is 0 Å². The highest BCUT2D eigenvalue weighted by Crippen LogP contribution is 2.28.